The predicted molar refractivity (Wildman–Crippen MR) is 85.8 cm³/mol. The summed E-state index contributed by atoms with van der Waals surface area (Å²) in [5.74, 6) is 0.594. The average Bonchev–Trinajstić information content (AvgIpc) is 2.91. The number of nitrogens with one attached hydrogen (secondary N) is 2. The van der Waals surface area contributed by atoms with Gasteiger partial charge in [0.25, 0.3) is 5.91 Å². The van der Waals surface area contributed by atoms with Gasteiger partial charge in [-0.15, -0.1) is 0 Å². The van der Waals surface area contributed by atoms with Gasteiger partial charge in [-0.3, -0.25) is 9.59 Å². The minimum atomic E-state index is -0.211. The van der Waals surface area contributed by atoms with Crippen LogP contribution in [0, 0.1) is 11.8 Å². The molecule has 2 heterocycles. The van der Waals surface area contributed by atoms with Crippen LogP contribution in [0.1, 0.15) is 38.3 Å². The van der Waals surface area contributed by atoms with Crippen molar-refractivity contribution in [3.63, 3.8) is 0 Å². The van der Waals surface area contributed by atoms with E-state index in [1.807, 2.05) is 6.92 Å². The molecule has 1 fully saturated rings. The highest BCUT2D eigenvalue weighted by Crippen LogP contribution is 2.30. The van der Waals surface area contributed by atoms with Gasteiger partial charge in [0.2, 0.25) is 5.91 Å². The van der Waals surface area contributed by atoms with E-state index in [0.29, 0.717) is 12.4 Å². The van der Waals surface area contributed by atoms with E-state index in [4.69, 9.17) is 4.74 Å². The Morgan fingerprint density at radius 1 is 1.30 bits per heavy atom. The predicted octanol–water partition coefficient (Wildman–Crippen LogP) is 0.714. The van der Waals surface area contributed by atoms with Crippen molar-refractivity contribution in [3.8, 4) is 0 Å². The molecule has 5 atom stereocenters. The highest BCUT2D eigenvalue weighted by atomic mass is 16.5. The Morgan fingerprint density at radius 2 is 2.00 bits per heavy atom. The van der Waals surface area contributed by atoms with E-state index < -0.39 is 0 Å². The summed E-state index contributed by atoms with van der Waals surface area (Å²) in [6.07, 6.45) is 3.14. The molecule has 0 aliphatic carbocycles. The minimum Gasteiger partial charge on any atom is -0.371 e. The standard InChI is InChI=1S/C16H26N4O3/c1-9-10(2)14(19-12(4)21)11(3)23-13(9)8-18-16(22)15-17-6-7-20(15)5/h6-7,9-11,13-14H,8H2,1-5H3,(H,18,22)(H,19,21). The van der Waals surface area contributed by atoms with Crippen LogP contribution < -0.4 is 10.6 Å². The number of imidazole rings is 1. The van der Waals surface area contributed by atoms with Crippen molar-refractivity contribution >= 4 is 11.8 Å². The summed E-state index contributed by atoms with van der Waals surface area (Å²) in [6, 6.07) is -0.0102. The molecule has 1 saturated heterocycles. The molecule has 7 nitrogen and oxygen atoms in total. The Bertz CT molecular complexity index is 571. The summed E-state index contributed by atoms with van der Waals surface area (Å²) >= 11 is 0. The molecule has 0 saturated carbocycles. The summed E-state index contributed by atoms with van der Waals surface area (Å²) in [5, 5.41) is 5.85. The molecule has 23 heavy (non-hydrogen) atoms. The van der Waals surface area contributed by atoms with Crippen molar-refractivity contribution in [1.82, 2.24) is 20.2 Å². The maximum absolute atomic E-state index is 12.1. The van der Waals surface area contributed by atoms with Crippen LogP contribution in [0.5, 0.6) is 0 Å². The summed E-state index contributed by atoms with van der Waals surface area (Å²) in [6.45, 7) is 8.09. The molecule has 1 aliphatic heterocycles. The van der Waals surface area contributed by atoms with Gasteiger partial charge in [0.15, 0.2) is 5.82 Å². The molecule has 1 aromatic heterocycles. The summed E-state index contributed by atoms with van der Waals surface area (Å²) in [4.78, 5) is 27.5. The van der Waals surface area contributed by atoms with E-state index in [1.54, 1.807) is 24.0 Å². The largest absolute Gasteiger partial charge is 0.371 e. The molecule has 0 spiro atoms. The van der Waals surface area contributed by atoms with E-state index in [2.05, 4.69) is 29.5 Å². The van der Waals surface area contributed by atoms with Gasteiger partial charge in [-0.1, -0.05) is 13.8 Å². The van der Waals surface area contributed by atoms with Crippen molar-refractivity contribution < 1.29 is 14.3 Å². The first-order valence-electron chi connectivity index (χ1n) is 7.99. The molecule has 5 unspecified atom stereocenters. The third-order valence-electron chi connectivity index (χ3n) is 4.74. The van der Waals surface area contributed by atoms with Crippen LogP contribution in [0.25, 0.3) is 0 Å². The van der Waals surface area contributed by atoms with E-state index in [9.17, 15) is 9.59 Å². The van der Waals surface area contributed by atoms with Crippen molar-refractivity contribution in [2.75, 3.05) is 6.54 Å². The number of amides is 2. The Hall–Kier alpha value is -1.89. The Morgan fingerprint density at radius 3 is 2.57 bits per heavy atom. The summed E-state index contributed by atoms with van der Waals surface area (Å²) < 4.78 is 7.70. The average molecular weight is 322 g/mol. The van der Waals surface area contributed by atoms with E-state index >= 15 is 0 Å². The SMILES string of the molecule is CC(=O)NC1C(C)OC(CNC(=O)c2nccn2C)C(C)C1C. The van der Waals surface area contributed by atoms with Crippen LogP contribution in [-0.2, 0) is 16.6 Å². The van der Waals surface area contributed by atoms with Gasteiger partial charge >= 0.3 is 0 Å². The molecule has 128 valence electrons. The second kappa shape index (κ2) is 7.12. The van der Waals surface area contributed by atoms with Crippen molar-refractivity contribution in [3.05, 3.63) is 18.2 Å². The first-order chi connectivity index (χ1) is 10.8. The van der Waals surface area contributed by atoms with Gasteiger partial charge in [0, 0.05) is 32.9 Å². The smallest absolute Gasteiger partial charge is 0.287 e. The Kier molecular flexibility index (Phi) is 5.41. The Labute approximate surface area is 136 Å². The molecule has 0 bridgehead atoms. The molecular formula is C16H26N4O3. The molecule has 2 amide bonds. The lowest BCUT2D eigenvalue weighted by atomic mass is 9.80. The highest BCUT2D eigenvalue weighted by Gasteiger charge is 2.39. The van der Waals surface area contributed by atoms with E-state index in [1.165, 1.54) is 6.92 Å². The van der Waals surface area contributed by atoms with Crippen molar-refractivity contribution in [1.29, 1.82) is 0 Å². The van der Waals surface area contributed by atoms with Crippen LogP contribution in [-0.4, -0.2) is 46.2 Å². The molecular weight excluding hydrogens is 296 g/mol. The third kappa shape index (κ3) is 3.90. The second-order valence-corrected chi connectivity index (χ2v) is 6.40. The molecule has 1 aliphatic rings. The Balaban J connectivity index is 1.95. The van der Waals surface area contributed by atoms with Gasteiger partial charge in [-0.25, -0.2) is 4.98 Å². The number of hydrogen-bond donors (Lipinski definition) is 2. The van der Waals surface area contributed by atoms with Crippen LogP contribution in [0.3, 0.4) is 0 Å². The number of carbonyl (C=O) groups is 2. The number of aromatic nitrogens is 2. The molecule has 0 aromatic carbocycles. The van der Waals surface area contributed by atoms with Crippen LogP contribution in [0.4, 0.5) is 0 Å². The second-order valence-electron chi connectivity index (χ2n) is 6.40. The number of aryl methyl sites for hydroxylation is 1. The first-order valence-corrected chi connectivity index (χ1v) is 7.99. The fraction of sp³-hybridized carbons (Fsp3) is 0.688. The fourth-order valence-electron chi connectivity index (χ4n) is 3.15. The van der Waals surface area contributed by atoms with Gasteiger partial charge in [0.05, 0.1) is 18.2 Å². The molecule has 7 heteroatoms. The van der Waals surface area contributed by atoms with Gasteiger partial charge in [-0.05, 0) is 18.8 Å². The third-order valence-corrected chi connectivity index (χ3v) is 4.74. The number of rotatable bonds is 4. The lowest BCUT2D eigenvalue weighted by molar-refractivity contribution is -0.132. The topological polar surface area (TPSA) is 85.2 Å². The maximum Gasteiger partial charge on any atom is 0.287 e. The fourth-order valence-corrected chi connectivity index (χ4v) is 3.15. The molecule has 0 radical (unpaired) electrons. The van der Waals surface area contributed by atoms with Crippen LogP contribution >= 0.6 is 0 Å². The molecule has 2 N–H and O–H groups in total. The number of hydrogen-bond acceptors (Lipinski definition) is 4. The number of ether oxygens (including phenoxy) is 1. The van der Waals surface area contributed by atoms with Crippen LogP contribution in [0.2, 0.25) is 0 Å². The van der Waals surface area contributed by atoms with Crippen molar-refractivity contribution in [2.24, 2.45) is 18.9 Å². The zero-order valence-electron chi connectivity index (χ0n) is 14.4. The number of carbonyl (C=O) groups excluding carboxylic acids is 2. The zero-order chi connectivity index (χ0) is 17.1. The number of nitrogens with zero attached hydrogens (tertiary/aromatic N) is 2. The summed E-state index contributed by atoms with van der Waals surface area (Å²) in [5.41, 5.74) is 0. The highest BCUT2D eigenvalue weighted by molar-refractivity contribution is 5.90. The zero-order valence-corrected chi connectivity index (χ0v) is 14.4. The van der Waals surface area contributed by atoms with Crippen LogP contribution in [0.15, 0.2) is 12.4 Å². The maximum atomic E-state index is 12.1. The van der Waals surface area contributed by atoms with Gasteiger partial charge in [-0.2, -0.15) is 0 Å². The lowest BCUT2D eigenvalue weighted by Crippen LogP contribution is -2.57. The lowest BCUT2D eigenvalue weighted by Gasteiger charge is -2.44. The van der Waals surface area contributed by atoms with E-state index in [0.717, 1.165) is 0 Å². The van der Waals surface area contributed by atoms with Crippen molar-refractivity contribution in [2.45, 2.75) is 45.9 Å². The minimum absolute atomic E-state index is 0.0102. The van der Waals surface area contributed by atoms with Gasteiger partial charge in [0.1, 0.15) is 0 Å². The quantitative estimate of drug-likeness (QED) is 0.855. The molecule has 1 aromatic rings. The summed E-state index contributed by atoms with van der Waals surface area (Å²) in [7, 11) is 1.78. The first kappa shape index (κ1) is 17.5. The van der Waals surface area contributed by atoms with Gasteiger partial charge < -0.3 is 19.9 Å². The molecule has 2 rings (SSSR count). The monoisotopic (exact) mass is 322 g/mol. The van der Waals surface area contributed by atoms with E-state index in [-0.39, 0.29) is 41.9 Å². The normalized spacial score (nSPS) is 30.7.